The SMILES string of the molecule is COc1ccc2nc(-n3nc(C)c4c3NC(=O)CS[C@@H]4c3ccc(OCc4ccc(Cl)cc4)cc3)sc2c1. The second kappa shape index (κ2) is 10.3. The zero-order chi connectivity index (χ0) is 26.2. The van der Waals surface area contributed by atoms with Crippen molar-refractivity contribution < 1.29 is 14.3 Å². The van der Waals surface area contributed by atoms with Crippen molar-refractivity contribution in [3.8, 4) is 16.6 Å². The minimum atomic E-state index is -0.0718. The maximum absolute atomic E-state index is 12.7. The van der Waals surface area contributed by atoms with Gasteiger partial charge in [-0.3, -0.25) is 4.79 Å². The van der Waals surface area contributed by atoms with Gasteiger partial charge < -0.3 is 14.8 Å². The number of rotatable bonds is 6. The average Bonchev–Trinajstić information content (AvgIpc) is 3.43. The molecule has 1 aliphatic heterocycles. The Morgan fingerprint density at radius 3 is 2.61 bits per heavy atom. The van der Waals surface area contributed by atoms with Gasteiger partial charge in [0.05, 0.1) is 34.0 Å². The van der Waals surface area contributed by atoms with Crippen LogP contribution in [0.25, 0.3) is 15.3 Å². The summed E-state index contributed by atoms with van der Waals surface area (Å²) in [7, 11) is 1.64. The Balaban J connectivity index is 1.31. The van der Waals surface area contributed by atoms with Crippen molar-refractivity contribution in [2.45, 2.75) is 18.8 Å². The minimum absolute atomic E-state index is 0.0643. The third-order valence-corrected chi connectivity index (χ3v) is 8.79. The van der Waals surface area contributed by atoms with Crippen molar-refractivity contribution >= 4 is 56.6 Å². The Labute approximate surface area is 232 Å². The second-order valence-corrected chi connectivity index (χ2v) is 11.4. The molecule has 1 N–H and O–H groups in total. The lowest BCUT2D eigenvalue weighted by Crippen LogP contribution is -2.15. The van der Waals surface area contributed by atoms with Crippen LogP contribution in [0.15, 0.2) is 66.7 Å². The molecule has 0 fully saturated rings. The average molecular weight is 563 g/mol. The minimum Gasteiger partial charge on any atom is -0.497 e. The van der Waals surface area contributed by atoms with Gasteiger partial charge in [-0.25, -0.2) is 4.98 Å². The van der Waals surface area contributed by atoms with Crippen LogP contribution in [0, 0.1) is 6.92 Å². The van der Waals surface area contributed by atoms with E-state index in [4.69, 9.17) is 31.2 Å². The van der Waals surface area contributed by atoms with E-state index in [-0.39, 0.29) is 11.2 Å². The molecule has 1 aliphatic rings. The predicted octanol–water partition coefficient (Wildman–Crippen LogP) is 6.81. The van der Waals surface area contributed by atoms with Crippen LogP contribution >= 0.6 is 34.7 Å². The number of carbonyl (C=O) groups excluding carboxylic acids is 1. The molecule has 0 radical (unpaired) electrons. The largest absolute Gasteiger partial charge is 0.497 e. The van der Waals surface area contributed by atoms with E-state index < -0.39 is 0 Å². The van der Waals surface area contributed by atoms with Crippen LogP contribution in [0.2, 0.25) is 5.02 Å². The molecule has 0 spiro atoms. The van der Waals surface area contributed by atoms with Crippen LogP contribution in [0.5, 0.6) is 11.5 Å². The molecule has 0 unspecified atom stereocenters. The van der Waals surface area contributed by atoms with E-state index in [9.17, 15) is 4.79 Å². The third-order valence-electron chi connectivity index (χ3n) is 6.27. The van der Waals surface area contributed by atoms with Crippen LogP contribution < -0.4 is 14.8 Å². The molecule has 5 aromatic rings. The van der Waals surface area contributed by atoms with Crippen LogP contribution in [-0.2, 0) is 11.4 Å². The number of fused-ring (bicyclic) bond motifs is 2. The smallest absolute Gasteiger partial charge is 0.235 e. The van der Waals surface area contributed by atoms with Gasteiger partial charge in [0, 0.05) is 10.6 Å². The van der Waals surface area contributed by atoms with Crippen LogP contribution in [0.4, 0.5) is 5.82 Å². The van der Waals surface area contributed by atoms with Crippen molar-refractivity contribution in [1.29, 1.82) is 0 Å². The van der Waals surface area contributed by atoms with Crippen molar-refractivity contribution in [3.05, 3.63) is 94.1 Å². The topological polar surface area (TPSA) is 78.3 Å². The fraction of sp³-hybridized carbons (Fsp3) is 0.179. The van der Waals surface area contributed by atoms with E-state index >= 15 is 0 Å². The van der Waals surface area contributed by atoms with Gasteiger partial charge in [-0.2, -0.15) is 9.78 Å². The Hall–Kier alpha value is -3.53. The number of halogens is 1. The summed E-state index contributed by atoms with van der Waals surface area (Å²) in [5.41, 5.74) is 4.80. The highest BCUT2D eigenvalue weighted by Crippen LogP contribution is 2.44. The van der Waals surface area contributed by atoms with E-state index in [1.54, 1.807) is 23.6 Å². The number of nitrogens with one attached hydrogen (secondary N) is 1. The van der Waals surface area contributed by atoms with Gasteiger partial charge in [0.25, 0.3) is 0 Å². The number of benzene rings is 3. The highest BCUT2D eigenvalue weighted by Gasteiger charge is 2.31. The molecule has 1 amide bonds. The Kier molecular flexibility index (Phi) is 6.73. The van der Waals surface area contributed by atoms with Gasteiger partial charge in [0.1, 0.15) is 23.9 Å². The number of hydrogen-bond acceptors (Lipinski definition) is 7. The predicted molar refractivity (Wildman–Crippen MR) is 153 cm³/mol. The summed E-state index contributed by atoms with van der Waals surface area (Å²) in [6.45, 7) is 2.43. The Bertz CT molecular complexity index is 1630. The molecule has 6 rings (SSSR count). The quantitative estimate of drug-likeness (QED) is 0.245. The molecule has 192 valence electrons. The second-order valence-electron chi connectivity index (χ2n) is 8.81. The zero-order valence-corrected chi connectivity index (χ0v) is 23.0. The molecule has 7 nitrogen and oxygen atoms in total. The van der Waals surface area contributed by atoms with E-state index in [0.29, 0.717) is 28.3 Å². The molecule has 0 bridgehead atoms. The number of thiazole rings is 1. The van der Waals surface area contributed by atoms with Crippen LogP contribution in [0.1, 0.15) is 27.6 Å². The number of anilines is 1. The molecule has 0 saturated heterocycles. The molecule has 2 aromatic heterocycles. The van der Waals surface area contributed by atoms with Crippen LogP contribution in [0.3, 0.4) is 0 Å². The summed E-state index contributed by atoms with van der Waals surface area (Å²) < 4.78 is 14.1. The fourth-order valence-corrected chi connectivity index (χ4v) is 6.65. The molecular formula is C28H23ClN4O3S2. The number of thioether (sulfide) groups is 1. The highest BCUT2D eigenvalue weighted by atomic mass is 35.5. The van der Waals surface area contributed by atoms with Crippen molar-refractivity contribution in [2.24, 2.45) is 0 Å². The molecule has 10 heteroatoms. The van der Waals surface area contributed by atoms with Gasteiger partial charge in [-0.05, 0) is 60.5 Å². The number of hydrogen-bond donors (Lipinski definition) is 1. The highest BCUT2D eigenvalue weighted by molar-refractivity contribution is 8.00. The third kappa shape index (κ3) is 4.84. The molecular weight excluding hydrogens is 540 g/mol. The lowest BCUT2D eigenvalue weighted by Gasteiger charge is -2.16. The Morgan fingerprint density at radius 2 is 1.84 bits per heavy atom. The summed E-state index contributed by atoms with van der Waals surface area (Å²) >= 11 is 9.06. The lowest BCUT2D eigenvalue weighted by molar-refractivity contribution is -0.113. The molecule has 3 heterocycles. The molecule has 3 aromatic carbocycles. The Morgan fingerprint density at radius 1 is 1.08 bits per heavy atom. The number of carbonyl (C=O) groups is 1. The molecule has 1 atom stereocenters. The van der Waals surface area contributed by atoms with Crippen molar-refractivity contribution in [3.63, 3.8) is 0 Å². The van der Waals surface area contributed by atoms with Crippen LogP contribution in [-0.4, -0.2) is 33.5 Å². The van der Waals surface area contributed by atoms with Crippen molar-refractivity contribution in [1.82, 2.24) is 14.8 Å². The van der Waals surface area contributed by atoms with Gasteiger partial charge in [0.2, 0.25) is 11.0 Å². The first-order chi connectivity index (χ1) is 18.5. The van der Waals surface area contributed by atoms with Crippen molar-refractivity contribution in [2.75, 3.05) is 18.2 Å². The first-order valence-electron chi connectivity index (χ1n) is 11.9. The molecule has 38 heavy (non-hydrogen) atoms. The first kappa shape index (κ1) is 24.8. The first-order valence-corrected chi connectivity index (χ1v) is 14.2. The summed E-state index contributed by atoms with van der Waals surface area (Å²) in [4.78, 5) is 17.5. The summed E-state index contributed by atoms with van der Waals surface area (Å²) in [5.74, 6) is 2.48. The number of amides is 1. The van der Waals surface area contributed by atoms with Gasteiger partial charge >= 0.3 is 0 Å². The van der Waals surface area contributed by atoms with E-state index in [0.717, 1.165) is 44.1 Å². The van der Waals surface area contributed by atoms with Gasteiger partial charge in [-0.1, -0.05) is 47.2 Å². The summed E-state index contributed by atoms with van der Waals surface area (Å²) in [6.07, 6.45) is 0. The normalized spacial score (nSPS) is 15.1. The lowest BCUT2D eigenvalue weighted by atomic mass is 10.0. The maximum Gasteiger partial charge on any atom is 0.235 e. The zero-order valence-electron chi connectivity index (χ0n) is 20.6. The standard InChI is InChI=1S/C28H23ClN4O3S2/c1-16-25-26(18-5-9-20(10-6-18)36-14-17-3-7-19(29)8-4-17)37-15-24(34)31-27(25)33(32-16)28-30-22-12-11-21(35-2)13-23(22)38-28/h3-13,26H,14-15H2,1-2H3,(H,31,34)/t26-/m1/s1. The number of aromatic nitrogens is 3. The van der Waals surface area contributed by atoms with Gasteiger partial charge in [-0.15, -0.1) is 11.8 Å². The molecule has 0 saturated carbocycles. The van der Waals surface area contributed by atoms with E-state index in [2.05, 4.69) is 17.4 Å². The molecule has 0 aliphatic carbocycles. The summed E-state index contributed by atoms with van der Waals surface area (Å²) in [6, 6.07) is 21.4. The maximum atomic E-state index is 12.7. The van der Waals surface area contributed by atoms with Gasteiger partial charge in [0.15, 0.2) is 0 Å². The van der Waals surface area contributed by atoms with E-state index in [1.807, 2.05) is 61.5 Å². The number of methoxy groups -OCH3 is 1. The number of ether oxygens (including phenoxy) is 2. The monoisotopic (exact) mass is 562 g/mol. The number of aryl methyl sites for hydroxylation is 1. The fourth-order valence-electron chi connectivity index (χ4n) is 4.38. The number of nitrogens with zero attached hydrogens (tertiary/aromatic N) is 3. The summed E-state index contributed by atoms with van der Waals surface area (Å²) in [5, 5.41) is 9.21. The van der Waals surface area contributed by atoms with E-state index in [1.165, 1.54) is 11.3 Å².